The van der Waals surface area contributed by atoms with Crippen molar-refractivity contribution in [1.82, 2.24) is 14.8 Å². The van der Waals surface area contributed by atoms with Crippen LogP contribution in [0.5, 0.6) is 0 Å². The summed E-state index contributed by atoms with van der Waals surface area (Å²) in [6.07, 6.45) is 0. The molecule has 0 bridgehead atoms. The number of pyridine rings is 1. The molecule has 9 heteroatoms. The second kappa shape index (κ2) is 4.82. The van der Waals surface area contributed by atoms with Crippen LogP contribution in [0.3, 0.4) is 0 Å². The largest absolute Gasteiger partial charge is 0.308 e. The van der Waals surface area contributed by atoms with Crippen LogP contribution in [0.25, 0.3) is 5.82 Å². The van der Waals surface area contributed by atoms with Gasteiger partial charge in [-0.3, -0.25) is 10.1 Å². The van der Waals surface area contributed by atoms with Crippen LogP contribution in [0, 0.1) is 24.0 Å². The Balaban J connectivity index is 2.64. The van der Waals surface area contributed by atoms with Crippen molar-refractivity contribution in [2.45, 2.75) is 13.8 Å². The lowest BCUT2D eigenvalue weighted by Crippen LogP contribution is -2.11. The molecule has 19 heavy (non-hydrogen) atoms. The van der Waals surface area contributed by atoms with Crippen molar-refractivity contribution in [1.29, 1.82) is 0 Å². The maximum absolute atomic E-state index is 10.9. The molecule has 0 aliphatic rings. The van der Waals surface area contributed by atoms with Crippen LogP contribution in [-0.2, 0) is 0 Å². The van der Waals surface area contributed by atoms with Gasteiger partial charge in [-0.2, -0.15) is 5.10 Å². The molecular formula is C10H11ClN6O2. The number of nitrogens with one attached hydrogen (secondary N) is 1. The number of nitrogen functional groups attached to an aromatic ring is 1. The highest BCUT2D eigenvalue weighted by molar-refractivity contribution is 6.31. The van der Waals surface area contributed by atoms with Crippen LogP contribution in [0.1, 0.15) is 11.4 Å². The SMILES string of the molecule is Cc1nn(-c2cc([N+](=O)[O-])cc(NN)n2)c(C)c1Cl. The maximum Gasteiger partial charge on any atom is 0.276 e. The Labute approximate surface area is 113 Å². The molecule has 0 aliphatic heterocycles. The summed E-state index contributed by atoms with van der Waals surface area (Å²) in [6, 6.07) is 2.54. The molecule has 0 unspecified atom stereocenters. The van der Waals surface area contributed by atoms with Gasteiger partial charge in [0, 0.05) is 0 Å². The average molecular weight is 283 g/mol. The van der Waals surface area contributed by atoms with Crippen molar-refractivity contribution in [3.8, 4) is 5.82 Å². The Morgan fingerprint density at radius 3 is 2.63 bits per heavy atom. The van der Waals surface area contributed by atoms with Gasteiger partial charge in [0.1, 0.15) is 5.82 Å². The smallest absolute Gasteiger partial charge is 0.276 e. The number of nitro groups is 1. The molecule has 0 atom stereocenters. The summed E-state index contributed by atoms with van der Waals surface area (Å²) in [5.74, 6) is 5.69. The van der Waals surface area contributed by atoms with Crippen molar-refractivity contribution < 1.29 is 4.92 Å². The number of aromatic nitrogens is 3. The van der Waals surface area contributed by atoms with Gasteiger partial charge in [-0.15, -0.1) is 0 Å². The number of hydrogen-bond donors (Lipinski definition) is 2. The van der Waals surface area contributed by atoms with Crippen LogP contribution in [0.15, 0.2) is 12.1 Å². The van der Waals surface area contributed by atoms with Gasteiger partial charge in [-0.1, -0.05) is 11.6 Å². The molecule has 0 aliphatic carbocycles. The molecule has 0 amide bonds. The Morgan fingerprint density at radius 2 is 2.16 bits per heavy atom. The summed E-state index contributed by atoms with van der Waals surface area (Å²) in [6.45, 7) is 3.49. The van der Waals surface area contributed by atoms with Gasteiger partial charge >= 0.3 is 0 Å². The Morgan fingerprint density at radius 1 is 1.47 bits per heavy atom. The maximum atomic E-state index is 10.9. The lowest BCUT2D eigenvalue weighted by Gasteiger charge is -2.06. The predicted octanol–water partition coefficient (Wildman–Crippen LogP) is 1.73. The zero-order valence-corrected chi connectivity index (χ0v) is 11.0. The van der Waals surface area contributed by atoms with Gasteiger partial charge in [-0.05, 0) is 13.8 Å². The highest BCUT2D eigenvalue weighted by atomic mass is 35.5. The zero-order valence-electron chi connectivity index (χ0n) is 10.2. The monoisotopic (exact) mass is 282 g/mol. The molecule has 0 saturated heterocycles. The molecule has 0 saturated carbocycles. The lowest BCUT2D eigenvalue weighted by atomic mass is 10.3. The summed E-state index contributed by atoms with van der Waals surface area (Å²) in [5.41, 5.74) is 3.41. The Hall–Kier alpha value is -2.19. The lowest BCUT2D eigenvalue weighted by molar-refractivity contribution is -0.384. The third-order valence-corrected chi connectivity index (χ3v) is 3.12. The molecule has 2 aromatic rings. The van der Waals surface area contributed by atoms with Gasteiger partial charge < -0.3 is 5.43 Å². The van der Waals surface area contributed by atoms with Gasteiger partial charge in [0.15, 0.2) is 5.82 Å². The summed E-state index contributed by atoms with van der Waals surface area (Å²) in [4.78, 5) is 14.5. The first kappa shape index (κ1) is 13.2. The standard InChI is InChI=1S/C10H11ClN6O2/c1-5-10(11)6(2)16(15-5)9-4-7(17(18)19)3-8(13-9)14-12/h3-4H,12H2,1-2H3,(H,13,14). The van der Waals surface area contributed by atoms with E-state index < -0.39 is 4.92 Å². The molecular weight excluding hydrogens is 272 g/mol. The first-order valence-corrected chi connectivity index (χ1v) is 5.67. The number of halogens is 1. The Kier molecular flexibility index (Phi) is 3.36. The van der Waals surface area contributed by atoms with Crippen molar-refractivity contribution in [3.63, 3.8) is 0 Å². The second-order valence-corrected chi connectivity index (χ2v) is 4.24. The molecule has 2 heterocycles. The van der Waals surface area contributed by atoms with E-state index in [9.17, 15) is 10.1 Å². The van der Waals surface area contributed by atoms with E-state index >= 15 is 0 Å². The van der Waals surface area contributed by atoms with Crippen molar-refractivity contribution in [3.05, 3.63) is 38.7 Å². The van der Waals surface area contributed by atoms with Crippen LogP contribution < -0.4 is 11.3 Å². The molecule has 3 N–H and O–H groups in total. The third-order valence-electron chi connectivity index (χ3n) is 2.58. The number of nitrogens with zero attached hydrogens (tertiary/aromatic N) is 4. The summed E-state index contributed by atoms with van der Waals surface area (Å²) in [5, 5.41) is 15.5. The minimum absolute atomic E-state index is 0.137. The quantitative estimate of drug-likeness (QED) is 0.504. The van der Waals surface area contributed by atoms with Crippen LogP contribution in [0.2, 0.25) is 5.02 Å². The van der Waals surface area contributed by atoms with E-state index in [4.69, 9.17) is 17.4 Å². The molecule has 0 spiro atoms. The number of hydrogen-bond acceptors (Lipinski definition) is 6. The molecule has 0 aromatic carbocycles. The van der Waals surface area contributed by atoms with E-state index in [0.29, 0.717) is 16.4 Å². The number of nitrogens with two attached hydrogens (primary N) is 1. The van der Waals surface area contributed by atoms with Crippen LogP contribution in [-0.4, -0.2) is 19.7 Å². The summed E-state index contributed by atoms with van der Waals surface area (Å²) >= 11 is 6.04. The van der Waals surface area contributed by atoms with Crippen molar-refractivity contribution in [2.75, 3.05) is 5.43 Å². The van der Waals surface area contributed by atoms with Crippen LogP contribution >= 0.6 is 11.6 Å². The molecule has 0 radical (unpaired) electrons. The minimum atomic E-state index is -0.528. The second-order valence-electron chi connectivity index (χ2n) is 3.87. The Bertz CT molecular complexity index is 654. The number of anilines is 1. The summed E-state index contributed by atoms with van der Waals surface area (Å²) < 4.78 is 1.44. The first-order chi connectivity index (χ1) is 8.93. The molecule has 8 nitrogen and oxygen atoms in total. The van der Waals surface area contributed by atoms with Gasteiger partial charge in [0.25, 0.3) is 5.69 Å². The topological polar surface area (TPSA) is 112 Å². The van der Waals surface area contributed by atoms with E-state index in [0.717, 1.165) is 0 Å². The predicted molar refractivity (Wildman–Crippen MR) is 70.3 cm³/mol. The summed E-state index contributed by atoms with van der Waals surface area (Å²) in [7, 11) is 0. The minimum Gasteiger partial charge on any atom is -0.308 e. The fourth-order valence-electron chi connectivity index (χ4n) is 1.64. The zero-order chi connectivity index (χ0) is 14.2. The highest BCUT2D eigenvalue weighted by Gasteiger charge is 2.16. The fourth-order valence-corrected chi connectivity index (χ4v) is 1.75. The normalized spacial score (nSPS) is 10.5. The van der Waals surface area contributed by atoms with Crippen molar-refractivity contribution >= 4 is 23.1 Å². The fraction of sp³-hybridized carbons (Fsp3) is 0.200. The number of aryl methyl sites for hydroxylation is 1. The number of rotatable bonds is 3. The van der Waals surface area contributed by atoms with Gasteiger partial charge in [-0.25, -0.2) is 15.5 Å². The van der Waals surface area contributed by atoms with E-state index in [2.05, 4.69) is 15.5 Å². The van der Waals surface area contributed by atoms with E-state index in [1.165, 1.54) is 16.8 Å². The molecule has 2 rings (SSSR count). The first-order valence-electron chi connectivity index (χ1n) is 5.29. The van der Waals surface area contributed by atoms with Gasteiger partial charge in [0.05, 0.1) is 33.5 Å². The molecule has 0 fully saturated rings. The van der Waals surface area contributed by atoms with E-state index in [-0.39, 0.29) is 17.3 Å². The highest BCUT2D eigenvalue weighted by Crippen LogP contribution is 2.24. The van der Waals surface area contributed by atoms with Gasteiger partial charge in [0.2, 0.25) is 0 Å². The van der Waals surface area contributed by atoms with E-state index in [1.807, 2.05) is 0 Å². The molecule has 2 aromatic heterocycles. The molecule has 100 valence electrons. The number of hydrazine groups is 1. The van der Waals surface area contributed by atoms with Crippen molar-refractivity contribution in [2.24, 2.45) is 5.84 Å². The average Bonchev–Trinajstić information content (AvgIpc) is 2.66. The van der Waals surface area contributed by atoms with E-state index in [1.54, 1.807) is 13.8 Å². The third kappa shape index (κ3) is 2.35. The van der Waals surface area contributed by atoms with Crippen LogP contribution in [0.4, 0.5) is 11.5 Å².